The van der Waals surface area contributed by atoms with Crippen LogP contribution in [0.3, 0.4) is 0 Å². The van der Waals surface area contributed by atoms with Crippen molar-refractivity contribution in [3.8, 4) is 0 Å². The topological polar surface area (TPSA) is 83.6 Å². The van der Waals surface area contributed by atoms with Crippen LogP contribution in [-0.2, 0) is 0 Å². The molecule has 4 aromatic rings. The molecule has 2 N–H and O–H groups in total. The maximum Gasteiger partial charge on any atom is 0.253 e. The highest BCUT2D eigenvalue weighted by atomic mass is 19.1. The summed E-state index contributed by atoms with van der Waals surface area (Å²) in [6.45, 7) is 2.22. The number of H-pyrrole nitrogens is 1. The molecular weight excluding hydrogens is 429 g/mol. The first kappa shape index (κ1) is 21.2. The fraction of sp³-hybridized carbons (Fsp3) is 0.407. The van der Waals surface area contributed by atoms with Gasteiger partial charge in [-0.1, -0.05) is 6.92 Å². The molecule has 0 spiro atoms. The molecular formula is C27H28FN5O. The lowest BCUT2D eigenvalue weighted by atomic mass is 9.73. The Morgan fingerprint density at radius 1 is 1.09 bits per heavy atom. The average molecular weight is 458 g/mol. The van der Waals surface area contributed by atoms with Crippen LogP contribution in [0.2, 0.25) is 0 Å². The van der Waals surface area contributed by atoms with Crippen LogP contribution in [0.4, 0.5) is 4.39 Å². The predicted molar refractivity (Wildman–Crippen MR) is 129 cm³/mol. The molecule has 0 bridgehead atoms. The van der Waals surface area contributed by atoms with Gasteiger partial charge in [-0.3, -0.25) is 9.78 Å². The number of nitrogens with one attached hydrogen (secondary N) is 2. The van der Waals surface area contributed by atoms with Crippen LogP contribution in [0, 0.1) is 11.7 Å². The smallest absolute Gasteiger partial charge is 0.253 e. The number of nitrogens with zero attached hydrogens (tertiary/aromatic N) is 3. The Hall–Kier alpha value is -3.35. The number of aromatic amines is 1. The highest BCUT2D eigenvalue weighted by Gasteiger charge is 2.29. The molecule has 0 saturated heterocycles. The van der Waals surface area contributed by atoms with Crippen molar-refractivity contribution in [3.63, 3.8) is 0 Å². The predicted octanol–water partition coefficient (Wildman–Crippen LogP) is 5.61. The third-order valence-corrected chi connectivity index (χ3v) is 7.62. The van der Waals surface area contributed by atoms with Crippen molar-refractivity contribution in [1.29, 1.82) is 0 Å². The monoisotopic (exact) mass is 457 g/mol. The van der Waals surface area contributed by atoms with Crippen molar-refractivity contribution in [3.05, 3.63) is 65.5 Å². The lowest BCUT2D eigenvalue weighted by Gasteiger charge is -2.32. The van der Waals surface area contributed by atoms with E-state index in [1.165, 1.54) is 11.6 Å². The number of carbonyl (C=O) groups is 1. The molecule has 1 aromatic carbocycles. The summed E-state index contributed by atoms with van der Waals surface area (Å²) in [7, 11) is 0. The minimum atomic E-state index is -0.212. The summed E-state index contributed by atoms with van der Waals surface area (Å²) in [4.78, 5) is 29.4. The average Bonchev–Trinajstić information content (AvgIpc) is 3.57. The number of carbonyl (C=O) groups excluding carboxylic acids is 1. The van der Waals surface area contributed by atoms with Gasteiger partial charge in [-0.05, 0) is 86.3 Å². The first-order valence-corrected chi connectivity index (χ1v) is 12.3. The standard InChI is InChI=1S/C27H28FN5O/c1-15(25-32-24-12-18(14-30-26(24)33-25)27(34)31-20-7-8-20)16-2-4-17(5-3-16)21-10-11-29-23-9-6-19(28)13-22(21)23/h6,9-17,20H,2-5,7-8H2,1H3,(H,31,34)(H,30,32,33). The van der Waals surface area contributed by atoms with Crippen molar-refractivity contribution in [2.45, 2.75) is 63.3 Å². The third-order valence-electron chi connectivity index (χ3n) is 7.62. The van der Waals surface area contributed by atoms with E-state index in [-0.39, 0.29) is 17.6 Å². The number of fused-ring (bicyclic) bond motifs is 2. The van der Waals surface area contributed by atoms with Gasteiger partial charge in [0.2, 0.25) is 0 Å². The lowest BCUT2D eigenvalue weighted by molar-refractivity contribution is 0.0951. The quantitative estimate of drug-likeness (QED) is 0.408. The number of pyridine rings is 2. The Morgan fingerprint density at radius 2 is 1.91 bits per heavy atom. The van der Waals surface area contributed by atoms with E-state index < -0.39 is 0 Å². The van der Waals surface area contributed by atoms with E-state index in [1.807, 2.05) is 12.3 Å². The van der Waals surface area contributed by atoms with Crippen LogP contribution in [0.15, 0.2) is 42.7 Å². The van der Waals surface area contributed by atoms with E-state index in [4.69, 9.17) is 4.98 Å². The maximum absolute atomic E-state index is 13.9. The molecule has 1 amide bonds. The highest BCUT2D eigenvalue weighted by molar-refractivity contribution is 5.96. The summed E-state index contributed by atoms with van der Waals surface area (Å²) in [5, 5.41) is 3.94. The number of amides is 1. The van der Waals surface area contributed by atoms with E-state index in [0.717, 1.165) is 60.8 Å². The molecule has 3 aromatic heterocycles. The molecule has 6 nitrogen and oxygen atoms in total. The summed E-state index contributed by atoms with van der Waals surface area (Å²) < 4.78 is 13.9. The Kier molecular flexibility index (Phi) is 5.27. The van der Waals surface area contributed by atoms with Crippen molar-refractivity contribution in [1.82, 2.24) is 25.3 Å². The molecule has 2 aliphatic rings. The van der Waals surface area contributed by atoms with Gasteiger partial charge in [-0.2, -0.15) is 0 Å². The number of rotatable bonds is 5. The molecule has 2 aliphatic carbocycles. The van der Waals surface area contributed by atoms with Gasteiger partial charge in [-0.25, -0.2) is 14.4 Å². The van der Waals surface area contributed by atoms with Crippen LogP contribution >= 0.6 is 0 Å². The van der Waals surface area contributed by atoms with E-state index in [2.05, 4.69) is 33.3 Å². The van der Waals surface area contributed by atoms with Gasteiger partial charge in [0.1, 0.15) is 11.6 Å². The molecule has 0 aliphatic heterocycles. The Bertz CT molecular complexity index is 1370. The first-order chi connectivity index (χ1) is 16.5. The molecule has 34 heavy (non-hydrogen) atoms. The minimum absolute atomic E-state index is 0.0667. The van der Waals surface area contributed by atoms with Gasteiger partial charge >= 0.3 is 0 Å². The van der Waals surface area contributed by atoms with Gasteiger partial charge in [0.05, 0.1) is 16.6 Å². The molecule has 3 heterocycles. The number of imidazole rings is 1. The van der Waals surface area contributed by atoms with E-state index >= 15 is 0 Å². The van der Waals surface area contributed by atoms with Gasteiger partial charge in [0, 0.05) is 29.7 Å². The van der Waals surface area contributed by atoms with Gasteiger partial charge in [0.15, 0.2) is 5.65 Å². The van der Waals surface area contributed by atoms with Gasteiger partial charge in [-0.15, -0.1) is 0 Å². The summed E-state index contributed by atoms with van der Waals surface area (Å²) >= 11 is 0. The second-order valence-electron chi connectivity index (χ2n) is 9.93. The number of benzene rings is 1. The van der Waals surface area contributed by atoms with E-state index in [9.17, 15) is 9.18 Å². The van der Waals surface area contributed by atoms with Gasteiger partial charge < -0.3 is 10.3 Å². The fourth-order valence-corrected chi connectivity index (χ4v) is 5.40. The Balaban J connectivity index is 1.16. The molecule has 7 heteroatoms. The summed E-state index contributed by atoms with van der Waals surface area (Å²) in [6, 6.07) is 9.08. The van der Waals surface area contributed by atoms with Crippen molar-refractivity contribution < 1.29 is 9.18 Å². The van der Waals surface area contributed by atoms with Crippen LogP contribution in [0.5, 0.6) is 0 Å². The molecule has 2 fully saturated rings. The third kappa shape index (κ3) is 4.04. The number of halogens is 1. The largest absolute Gasteiger partial charge is 0.349 e. The zero-order valence-corrected chi connectivity index (χ0v) is 19.2. The Labute approximate surface area is 197 Å². The van der Waals surface area contributed by atoms with Gasteiger partial charge in [0.25, 0.3) is 5.91 Å². The van der Waals surface area contributed by atoms with E-state index in [1.54, 1.807) is 18.3 Å². The lowest BCUT2D eigenvalue weighted by Crippen LogP contribution is -2.25. The van der Waals surface area contributed by atoms with Crippen LogP contribution in [0.1, 0.15) is 79.0 Å². The molecule has 1 atom stereocenters. The zero-order valence-electron chi connectivity index (χ0n) is 19.2. The SMILES string of the molecule is CC(c1nc2ncc(C(=O)NC3CC3)cc2[nH]1)C1CCC(c2ccnc3ccc(F)cc23)CC1. The molecule has 2 saturated carbocycles. The fourth-order valence-electron chi connectivity index (χ4n) is 5.40. The number of aromatic nitrogens is 4. The first-order valence-electron chi connectivity index (χ1n) is 12.3. The second kappa shape index (κ2) is 8.46. The molecule has 1 unspecified atom stereocenters. The molecule has 174 valence electrons. The minimum Gasteiger partial charge on any atom is -0.349 e. The van der Waals surface area contributed by atoms with Crippen LogP contribution < -0.4 is 5.32 Å². The van der Waals surface area contributed by atoms with Crippen LogP contribution in [-0.4, -0.2) is 31.9 Å². The highest BCUT2D eigenvalue weighted by Crippen LogP contribution is 2.42. The normalized spacial score (nSPS) is 21.6. The zero-order chi connectivity index (χ0) is 23.2. The second-order valence-corrected chi connectivity index (χ2v) is 9.93. The van der Waals surface area contributed by atoms with Crippen LogP contribution in [0.25, 0.3) is 22.1 Å². The van der Waals surface area contributed by atoms with Crippen molar-refractivity contribution >= 4 is 28.0 Å². The van der Waals surface area contributed by atoms with Crippen molar-refractivity contribution in [2.75, 3.05) is 0 Å². The summed E-state index contributed by atoms with van der Waals surface area (Å²) in [5.74, 6) is 1.85. The maximum atomic E-state index is 13.9. The molecule has 0 radical (unpaired) electrons. The molecule has 6 rings (SSSR count). The Morgan fingerprint density at radius 3 is 2.71 bits per heavy atom. The number of hydrogen-bond donors (Lipinski definition) is 2. The summed E-state index contributed by atoms with van der Waals surface area (Å²) in [5.41, 5.74) is 4.10. The summed E-state index contributed by atoms with van der Waals surface area (Å²) in [6.07, 6.45) is 9.87. The number of hydrogen-bond acceptors (Lipinski definition) is 4. The van der Waals surface area contributed by atoms with E-state index in [0.29, 0.717) is 29.1 Å². The van der Waals surface area contributed by atoms with Crippen molar-refractivity contribution in [2.24, 2.45) is 5.92 Å².